The highest BCUT2D eigenvalue weighted by Gasteiger charge is 2.38. The number of hydrogen-bond acceptors (Lipinski definition) is 7. The van der Waals surface area contributed by atoms with Crippen molar-refractivity contribution in [1.82, 2.24) is 19.9 Å². The van der Waals surface area contributed by atoms with E-state index >= 15 is 0 Å². The van der Waals surface area contributed by atoms with E-state index in [4.69, 9.17) is 9.36 Å². The third kappa shape index (κ3) is 4.55. The predicted molar refractivity (Wildman–Crippen MR) is 121 cm³/mol. The number of carbonyl (C=O) groups excluding carboxylic acids is 1. The number of hydrogen-bond donors (Lipinski definition) is 0. The van der Waals surface area contributed by atoms with Gasteiger partial charge < -0.3 is 19.2 Å². The summed E-state index contributed by atoms with van der Waals surface area (Å²) in [6.45, 7) is 2.97. The number of aromatic nitrogens is 2. The molecule has 0 radical (unpaired) electrons. The lowest BCUT2D eigenvalue weighted by Gasteiger charge is -2.21. The summed E-state index contributed by atoms with van der Waals surface area (Å²) in [6.07, 6.45) is 0.502. The van der Waals surface area contributed by atoms with E-state index in [2.05, 4.69) is 34.4 Å². The van der Waals surface area contributed by atoms with Crippen LogP contribution in [0.4, 0.5) is 0 Å². The first-order valence-electron chi connectivity index (χ1n) is 10.5. The highest BCUT2D eigenvalue weighted by molar-refractivity contribution is 6.00. The fourth-order valence-electron chi connectivity index (χ4n) is 3.94. The standard InChI is InChI=1S/C24H27N5O3/c1-16-7-5-6-8-20(16)17-9-11-18(12-10-17)24(30)29-14-19(26-31-4)13-21(29)23-25-22(32-27-23)15-28(2)3/h5-12,21H,13-15H2,1-4H3/b26-19+/t21-/m0/s1. The van der Waals surface area contributed by atoms with Gasteiger partial charge in [0.15, 0.2) is 5.82 Å². The SMILES string of the molecule is CO/N=C1\C[C@@H](c2noc(CN(C)C)n2)N(C(=O)c2ccc(-c3ccccc3C)cc2)C1. The van der Waals surface area contributed by atoms with Crippen LogP contribution in [0.3, 0.4) is 0 Å². The largest absolute Gasteiger partial charge is 0.399 e. The maximum Gasteiger partial charge on any atom is 0.254 e. The molecule has 0 saturated carbocycles. The van der Waals surface area contributed by atoms with E-state index in [9.17, 15) is 4.79 Å². The van der Waals surface area contributed by atoms with E-state index in [0.717, 1.165) is 16.8 Å². The number of nitrogens with zero attached hydrogens (tertiary/aromatic N) is 5. The Bertz CT molecular complexity index is 1120. The Balaban J connectivity index is 1.59. The third-order valence-corrected chi connectivity index (χ3v) is 5.46. The van der Waals surface area contributed by atoms with Gasteiger partial charge in [-0.2, -0.15) is 4.98 Å². The maximum absolute atomic E-state index is 13.4. The minimum atomic E-state index is -0.355. The van der Waals surface area contributed by atoms with Gasteiger partial charge in [0.25, 0.3) is 5.91 Å². The smallest absolute Gasteiger partial charge is 0.254 e. The molecular formula is C24H27N5O3. The summed E-state index contributed by atoms with van der Waals surface area (Å²) >= 11 is 0. The van der Waals surface area contributed by atoms with Gasteiger partial charge in [-0.05, 0) is 49.8 Å². The molecule has 1 aliphatic heterocycles. The molecule has 2 heterocycles. The van der Waals surface area contributed by atoms with Crippen molar-refractivity contribution in [3.05, 3.63) is 71.4 Å². The molecule has 0 spiro atoms. The van der Waals surface area contributed by atoms with Crippen molar-refractivity contribution in [2.75, 3.05) is 27.7 Å². The van der Waals surface area contributed by atoms with Crippen molar-refractivity contribution >= 4 is 11.6 Å². The molecule has 3 aromatic rings. The Morgan fingerprint density at radius 2 is 1.97 bits per heavy atom. The van der Waals surface area contributed by atoms with Gasteiger partial charge >= 0.3 is 0 Å². The number of oxime groups is 1. The zero-order chi connectivity index (χ0) is 22.7. The van der Waals surface area contributed by atoms with Crippen LogP contribution in [0.5, 0.6) is 0 Å². The molecule has 0 N–H and O–H groups in total. The molecule has 2 aromatic carbocycles. The summed E-state index contributed by atoms with van der Waals surface area (Å²) in [7, 11) is 5.36. The van der Waals surface area contributed by atoms with Gasteiger partial charge in [0.1, 0.15) is 13.2 Å². The first kappa shape index (κ1) is 21.7. The lowest BCUT2D eigenvalue weighted by atomic mass is 9.99. The molecule has 0 bridgehead atoms. The van der Waals surface area contributed by atoms with Gasteiger partial charge in [0, 0.05) is 12.0 Å². The lowest BCUT2D eigenvalue weighted by molar-refractivity contribution is 0.0732. The fraction of sp³-hybridized carbons (Fsp3) is 0.333. The van der Waals surface area contributed by atoms with E-state index in [-0.39, 0.29) is 11.9 Å². The molecule has 1 atom stereocenters. The van der Waals surface area contributed by atoms with Crippen LogP contribution in [0, 0.1) is 6.92 Å². The number of carbonyl (C=O) groups is 1. The molecule has 8 nitrogen and oxygen atoms in total. The van der Waals surface area contributed by atoms with E-state index < -0.39 is 0 Å². The zero-order valence-electron chi connectivity index (χ0n) is 18.8. The van der Waals surface area contributed by atoms with Crippen LogP contribution in [0.15, 0.2) is 58.2 Å². The molecule has 1 fully saturated rings. The number of benzene rings is 2. The van der Waals surface area contributed by atoms with Crippen molar-refractivity contribution < 1.29 is 14.2 Å². The van der Waals surface area contributed by atoms with Crippen LogP contribution in [0.1, 0.15) is 40.1 Å². The van der Waals surface area contributed by atoms with Crippen molar-refractivity contribution in [2.45, 2.75) is 25.9 Å². The predicted octanol–water partition coefficient (Wildman–Crippen LogP) is 3.70. The Hall–Kier alpha value is -3.52. The Kier molecular flexibility index (Phi) is 6.32. The van der Waals surface area contributed by atoms with Gasteiger partial charge in [-0.15, -0.1) is 0 Å². The number of aryl methyl sites for hydroxylation is 1. The molecular weight excluding hydrogens is 406 g/mol. The molecule has 1 aliphatic rings. The van der Waals surface area contributed by atoms with Crippen molar-refractivity contribution in [3.8, 4) is 11.1 Å². The van der Waals surface area contributed by atoms with Crippen molar-refractivity contribution in [2.24, 2.45) is 5.16 Å². The van der Waals surface area contributed by atoms with Crippen molar-refractivity contribution in [1.29, 1.82) is 0 Å². The monoisotopic (exact) mass is 433 g/mol. The highest BCUT2D eigenvalue weighted by Crippen LogP contribution is 2.31. The molecule has 1 aromatic heterocycles. The quantitative estimate of drug-likeness (QED) is 0.551. The molecule has 0 aliphatic carbocycles. The van der Waals surface area contributed by atoms with Gasteiger partial charge in [-0.3, -0.25) is 4.79 Å². The van der Waals surface area contributed by atoms with E-state index in [1.165, 1.54) is 12.7 Å². The van der Waals surface area contributed by atoms with Crippen LogP contribution in [-0.2, 0) is 11.4 Å². The van der Waals surface area contributed by atoms with Gasteiger partial charge in [0.05, 0.1) is 18.8 Å². The van der Waals surface area contributed by atoms with Gasteiger partial charge in [-0.25, -0.2) is 0 Å². The molecule has 166 valence electrons. The number of amides is 1. The van der Waals surface area contributed by atoms with Gasteiger partial charge in [-0.1, -0.05) is 46.7 Å². The van der Waals surface area contributed by atoms with E-state index in [1.807, 2.05) is 55.4 Å². The van der Waals surface area contributed by atoms with Crippen LogP contribution in [0.2, 0.25) is 0 Å². The average molecular weight is 434 g/mol. The minimum Gasteiger partial charge on any atom is -0.399 e. The second kappa shape index (κ2) is 9.32. The van der Waals surface area contributed by atoms with Crippen molar-refractivity contribution in [3.63, 3.8) is 0 Å². The number of likely N-dealkylation sites (tertiary alicyclic amines) is 1. The molecule has 1 saturated heterocycles. The van der Waals surface area contributed by atoms with Gasteiger partial charge in [0.2, 0.25) is 5.89 Å². The summed E-state index contributed by atoms with van der Waals surface area (Å²) in [6, 6.07) is 15.5. The summed E-state index contributed by atoms with van der Waals surface area (Å²) in [4.78, 5) is 26.6. The van der Waals surface area contributed by atoms with E-state index in [0.29, 0.717) is 36.8 Å². The Morgan fingerprint density at radius 1 is 1.22 bits per heavy atom. The topological polar surface area (TPSA) is 84.1 Å². The zero-order valence-corrected chi connectivity index (χ0v) is 18.8. The van der Waals surface area contributed by atoms with E-state index in [1.54, 1.807) is 4.90 Å². The first-order valence-corrected chi connectivity index (χ1v) is 10.5. The van der Waals surface area contributed by atoms with Crippen LogP contribution in [0.25, 0.3) is 11.1 Å². The summed E-state index contributed by atoms with van der Waals surface area (Å²) in [5.74, 6) is 0.886. The van der Waals surface area contributed by atoms with Crippen LogP contribution >= 0.6 is 0 Å². The summed E-state index contributed by atoms with van der Waals surface area (Å²) in [5.41, 5.74) is 4.78. The second-order valence-electron chi connectivity index (χ2n) is 8.17. The average Bonchev–Trinajstić information content (AvgIpc) is 3.40. The molecule has 1 amide bonds. The molecule has 4 rings (SSSR count). The summed E-state index contributed by atoms with van der Waals surface area (Å²) < 4.78 is 5.38. The fourth-order valence-corrected chi connectivity index (χ4v) is 3.94. The normalized spacial score (nSPS) is 17.3. The minimum absolute atomic E-state index is 0.105. The molecule has 0 unspecified atom stereocenters. The first-order chi connectivity index (χ1) is 15.5. The molecule has 32 heavy (non-hydrogen) atoms. The number of rotatable bonds is 6. The Morgan fingerprint density at radius 3 is 2.66 bits per heavy atom. The lowest BCUT2D eigenvalue weighted by Crippen LogP contribution is -2.31. The maximum atomic E-state index is 13.4. The molecule has 8 heteroatoms. The third-order valence-electron chi connectivity index (χ3n) is 5.46. The Labute approximate surface area is 187 Å². The highest BCUT2D eigenvalue weighted by atomic mass is 16.6. The van der Waals surface area contributed by atoms with Crippen LogP contribution in [-0.4, -0.2) is 59.3 Å². The van der Waals surface area contributed by atoms with Crippen LogP contribution < -0.4 is 0 Å². The second-order valence-corrected chi connectivity index (χ2v) is 8.17. The summed E-state index contributed by atoms with van der Waals surface area (Å²) in [5, 5.41) is 8.21.